The van der Waals surface area contributed by atoms with Crippen LogP contribution in [-0.4, -0.2) is 54.8 Å². The highest BCUT2D eigenvalue weighted by Gasteiger charge is 2.26. The summed E-state index contributed by atoms with van der Waals surface area (Å²) in [4.78, 5) is 12.5. The number of thioether (sulfide) groups is 1. The molecule has 1 aliphatic rings. The van der Waals surface area contributed by atoms with Gasteiger partial charge in [0, 0.05) is 13.1 Å². The highest BCUT2D eigenvalue weighted by atomic mass is 32.2. The van der Waals surface area contributed by atoms with E-state index in [1.54, 1.807) is 6.07 Å². The summed E-state index contributed by atoms with van der Waals surface area (Å²) >= 11 is 2.70. The number of nitrogens with one attached hydrogen (secondary N) is 1. The van der Waals surface area contributed by atoms with E-state index in [0.717, 1.165) is 30.7 Å². The quantitative estimate of drug-likeness (QED) is 0.639. The summed E-state index contributed by atoms with van der Waals surface area (Å²) in [6, 6.07) is 4.56. The fraction of sp³-hybridized carbons (Fsp3) is 0.500. The minimum atomic E-state index is -3.62. The van der Waals surface area contributed by atoms with Crippen LogP contribution in [0.3, 0.4) is 0 Å². The van der Waals surface area contributed by atoms with Gasteiger partial charge in [0.1, 0.15) is 10.8 Å². The molecule has 1 amide bonds. The Kier molecular flexibility index (Phi) is 7.49. The highest BCUT2D eigenvalue weighted by Crippen LogP contribution is 2.30. The van der Waals surface area contributed by atoms with Gasteiger partial charge in [0.05, 0.1) is 23.4 Å². The van der Waals surface area contributed by atoms with Crippen molar-refractivity contribution in [1.29, 1.82) is 0 Å². The molecule has 0 atom stereocenters. The zero-order chi connectivity index (χ0) is 20.9. The minimum absolute atomic E-state index is 0.140. The Morgan fingerprint density at radius 3 is 2.59 bits per heavy atom. The molecule has 3 rings (SSSR count). The lowest BCUT2D eigenvalue weighted by molar-refractivity contribution is -0.113. The predicted molar refractivity (Wildman–Crippen MR) is 114 cm³/mol. The average molecular weight is 457 g/mol. The summed E-state index contributed by atoms with van der Waals surface area (Å²) in [5, 5.41) is 11.5. The standard InChI is InChI=1S/C18H24N4O4S3/c1-13-20-21-18(28-13)27-12-17(23)19-15-11-14(7-8-16(15)26-2)29(24,25)22-9-5-3-4-6-10-22/h7-8,11H,3-6,9-10,12H2,1-2H3,(H,19,23). The molecule has 1 N–H and O–H groups in total. The molecule has 0 bridgehead atoms. The molecular weight excluding hydrogens is 432 g/mol. The number of sulfonamides is 1. The molecule has 2 aromatic rings. The number of carbonyl (C=O) groups excluding carboxylic acids is 1. The summed E-state index contributed by atoms with van der Waals surface area (Å²) in [5.41, 5.74) is 0.336. The molecule has 0 radical (unpaired) electrons. The van der Waals surface area contributed by atoms with Crippen LogP contribution < -0.4 is 10.1 Å². The normalized spacial score (nSPS) is 15.7. The lowest BCUT2D eigenvalue weighted by atomic mass is 10.2. The molecule has 1 aromatic heterocycles. The van der Waals surface area contributed by atoms with Crippen LogP contribution in [0.25, 0.3) is 0 Å². The number of aromatic nitrogens is 2. The van der Waals surface area contributed by atoms with Crippen LogP contribution in [0.2, 0.25) is 0 Å². The number of ether oxygens (including phenoxy) is 1. The number of rotatable bonds is 7. The number of hydrogen-bond acceptors (Lipinski definition) is 8. The molecule has 8 nitrogen and oxygen atoms in total. The van der Waals surface area contributed by atoms with E-state index in [4.69, 9.17) is 4.74 Å². The van der Waals surface area contributed by atoms with E-state index in [-0.39, 0.29) is 16.6 Å². The highest BCUT2D eigenvalue weighted by molar-refractivity contribution is 8.01. The fourth-order valence-electron chi connectivity index (χ4n) is 3.03. The first-order chi connectivity index (χ1) is 13.9. The van der Waals surface area contributed by atoms with Gasteiger partial charge in [-0.25, -0.2) is 8.42 Å². The number of carbonyl (C=O) groups is 1. The predicted octanol–water partition coefficient (Wildman–Crippen LogP) is 3.15. The van der Waals surface area contributed by atoms with Gasteiger partial charge in [0.15, 0.2) is 4.34 Å². The van der Waals surface area contributed by atoms with Crippen LogP contribution in [0.15, 0.2) is 27.4 Å². The van der Waals surface area contributed by atoms with Gasteiger partial charge in [0.25, 0.3) is 0 Å². The fourth-order valence-corrected chi connectivity index (χ4v) is 6.19. The van der Waals surface area contributed by atoms with Gasteiger partial charge in [0.2, 0.25) is 15.9 Å². The van der Waals surface area contributed by atoms with Crippen molar-refractivity contribution in [2.45, 2.75) is 41.8 Å². The molecular formula is C18H24N4O4S3. The monoisotopic (exact) mass is 456 g/mol. The van der Waals surface area contributed by atoms with E-state index < -0.39 is 10.0 Å². The van der Waals surface area contributed by atoms with Gasteiger partial charge >= 0.3 is 0 Å². The first kappa shape index (κ1) is 22.0. The van der Waals surface area contributed by atoms with Gasteiger partial charge in [-0.15, -0.1) is 10.2 Å². The largest absolute Gasteiger partial charge is 0.495 e. The van der Waals surface area contributed by atoms with Gasteiger partial charge in [-0.1, -0.05) is 35.9 Å². The number of methoxy groups -OCH3 is 1. The molecule has 1 aromatic carbocycles. The molecule has 11 heteroatoms. The molecule has 158 valence electrons. The van der Waals surface area contributed by atoms with E-state index in [9.17, 15) is 13.2 Å². The number of benzene rings is 1. The maximum atomic E-state index is 13.0. The molecule has 2 heterocycles. The Morgan fingerprint density at radius 2 is 1.97 bits per heavy atom. The van der Waals surface area contributed by atoms with Crippen molar-refractivity contribution in [3.63, 3.8) is 0 Å². The second-order valence-corrected chi connectivity index (χ2v) is 10.9. The Balaban J connectivity index is 1.74. The van der Waals surface area contributed by atoms with Gasteiger partial charge < -0.3 is 10.1 Å². The summed E-state index contributed by atoms with van der Waals surface area (Å²) in [6.07, 6.45) is 3.81. The number of hydrogen-bond donors (Lipinski definition) is 1. The summed E-state index contributed by atoms with van der Waals surface area (Å²) in [6.45, 7) is 2.89. The van der Waals surface area contributed by atoms with Crippen LogP contribution in [0.1, 0.15) is 30.7 Å². The topological polar surface area (TPSA) is 101 Å². The minimum Gasteiger partial charge on any atom is -0.495 e. The Morgan fingerprint density at radius 1 is 1.24 bits per heavy atom. The molecule has 0 unspecified atom stereocenters. The molecule has 29 heavy (non-hydrogen) atoms. The van der Waals surface area contributed by atoms with Crippen molar-refractivity contribution in [1.82, 2.24) is 14.5 Å². The molecule has 1 aliphatic heterocycles. The SMILES string of the molecule is COc1ccc(S(=O)(=O)N2CCCCCC2)cc1NC(=O)CSc1nnc(C)s1. The van der Waals surface area contributed by atoms with Crippen LogP contribution in [0, 0.1) is 6.92 Å². The lowest BCUT2D eigenvalue weighted by Gasteiger charge is -2.21. The Bertz CT molecular complexity index is 954. The number of amides is 1. The van der Waals surface area contributed by atoms with Crippen molar-refractivity contribution in [3.05, 3.63) is 23.2 Å². The van der Waals surface area contributed by atoms with E-state index in [1.165, 1.54) is 46.6 Å². The smallest absolute Gasteiger partial charge is 0.243 e. The molecule has 0 saturated carbocycles. The maximum absolute atomic E-state index is 13.0. The van der Waals surface area contributed by atoms with E-state index >= 15 is 0 Å². The van der Waals surface area contributed by atoms with Crippen molar-refractivity contribution < 1.29 is 17.9 Å². The molecule has 1 fully saturated rings. The van der Waals surface area contributed by atoms with Crippen LogP contribution in [0.5, 0.6) is 5.75 Å². The van der Waals surface area contributed by atoms with Crippen LogP contribution in [0.4, 0.5) is 5.69 Å². The van der Waals surface area contributed by atoms with Gasteiger partial charge in [-0.2, -0.15) is 4.31 Å². The van der Waals surface area contributed by atoms with Gasteiger partial charge in [-0.3, -0.25) is 4.79 Å². The molecule has 1 saturated heterocycles. The second kappa shape index (κ2) is 9.88. The number of aryl methyl sites for hydroxylation is 1. The third kappa shape index (κ3) is 5.68. The molecule has 0 spiro atoms. The van der Waals surface area contributed by atoms with Crippen LogP contribution in [-0.2, 0) is 14.8 Å². The van der Waals surface area contributed by atoms with Crippen molar-refractivity contribution in [3.8, 4) is 5.75 Å². The zero-order valence-electron chi connectivity index (χ0n) is 16.4. The number of anilines is 1. The average Bonchev–Trinajstić information content (AvgIpc) is 2.94. The third-order valence-electron chi connectivity index (χ3n) is 4.48. The van der Waals surface area contributed by atoms with E-state index in [0.29, 0.717) is 28.9 Å². The first-order valence-electron chi connectivity index (χ1n) is 9.31. The van der Waals surface area contributed by atoms with Crippen molar-refractivity contribution >= 4 is 44.7 Å². The molecule has 0 aliphatic carbocycles. The lowest BCUT2D eigenvalue weighted by Crippen LogP contribution is -2.32. The summed E-state index contributed by atoms with van der Waals surface area (Å²) < 4.78 is 33.6. The second-order valence-electron chi connectivity index (χ2n) is 6.60. The Labute approximate surface area is 179 Å². The van der Waals surface area contributed by atoms with E-state index in [1.807, 2.05) is 6.92 Å². The van der Waals surface area contributed by atoms with Crippen molar-refractivity contribution in [2.75, 3.05) is 31.3 Å². The number of nitrogens with zero attached hydrogens (tertiary/aromatic N) is 3. The zero-order valence-corrected chi connectivity index (χ0v) is 18.8. The summed E-state index contributed by atoms with van der Waals surface area (Å²) in [7, 11) is -2.14. The van der Waals surface area contributed by atoms with E-state index in [2.05, 4.69) is 15.5 Å². The van der Waals surface area contributed by atoms with Crippen LogP contribution >= 0.6 is 23.1 Å². The van der Waals surface area contributed by atoms with Gasteiger partial charge in [-0.05, 0) is 38.0 Å². The van der Waals surface area contributed by atoms with Crippen molar-refractivity contribution in [2.24, 2.45) is 0 Å². The third-order valence-corrected chi connectivity index (χ3v) is 8.35. The maximum Gasteiger partial charge on any atom is 0.243 e. The first-order valence-corrected chi connectivity index (χ1v) is 12.6. The Hall–Kier alpha value is -1.69. The summed E-state index contributed by atoms with van der Waals surface area (Å²) in [5.74, 6) is 0.274.